The number of urea groups is 1. The molecule has 9 nitrogen and oxygen atoms in total. The van der Waals surface area contributed by atoms with Gasteiger partial charge in [-0.1, -0.05) is 6.07 Å². The fourth-order valence-corrected chi connectivity index (χ4v) is 6.01. The van der Waals surface area contributed by atoms with Crippen molar-refractivity contribution < 1.29 is 23.6 Å². The number of nitrogens with zero attached hydrogens (tertiary/aromatic N) is 2. The average Bonchev–Trinajstić information content (AvgIpc) is 3.39. The van der Waals surface area contributed by atoms with E-state index in [9.17, 15) is 19.2 Å². The molecule has 0 radical (unpaired) electrons. The monoisotopic (exact) mass is 573 g/mol. The van der Waals surface area contributed by atoms with Crippen LogP contribution in [-0.4, -0.2) is 39.7 Å². The fraction of sp³-hybridized carbons (Fsp3) is 0.292. The molecule has 3 aromatic rings. The van der Waals surface area contributed by atoms with Gasteiger partial charge in [0.25, 0.3) is 5.91 Å². The van der Waals surface area contributed by atoms with Crippen molar-refractivity contribution in [2.75, 3.05) is 5.32 Å². The molecule has 186 valence electrons. The van der Waals surface area contributed by atoms with Crippen LogP contribution in [0.2, 0.25) is 0 Å². The lowest BCUT2D eigenvalue weighted by molar-refractivity contribution is -0.136. The Kier molecular flexibility index (Phi) is 6.03. The summed E-state index contributed by atoms with van der Waals surface area (Å²) in [5, 5.41) is 8.25. The summed E-state index contributed by atoms with van der Waals surface area (Å²) in [7, 11) is 0. The van der Waals surface area contributed by atoms with Crippen LogP contribution in [0, 0.1) is 5.82 Å². The van der Waals surface area contributed by atoms with Gasteiger partial charge in [0.1, 0.15) is 11.0 Å². The Labute approximate surface area is 217 Å². The Morgan fingerprint density at radius 3 is 2.75 bits per heavy atom. The molecule has 0 spiro atoms. The molecule has 0 aliphatic carbocycles. The van der Waals surface area contributed by atoms with E-state index in [4.69, 9.17) is 0 Å². The zero-order chi connectivity index (χ0) is 25.8. The van der Waals surface area contributed by atoms with Crippen molar-refractivity contribution in [1.29, 1.82) is 0 Å². The minimum Gasteiger partial charge on any atom is -0.326 e. The number of hydrogen-bond acceptors (Lipinski definition) is 6. The number of amides is 5. The predicted octanol–water partition coefficient (Wildman–Crippen LogP) is 4.02. The van der Waals surface area contributed by atoms with Gasteiger partial charge in [-0.3, -0.25) is 19.7 Å². The number of rotatable bonds is 4. The van der Waals surface area contributed by atoms with Crippen LogP contribution in [0.4, 0.5) is 14.9 Å². The van der Waals surface area contributed by atoms with E-state index in [-0.39, 0.29) is 36.2 Å². The highest BCUT2D eigenvalue weighted by Gasteiger charge is 2.40. The SMILES string of the molecule is CC(C)(NC(=O)Nc1ccc2c(c1F)CN(C1CCC(=O)NC1=O)C2=O)c1nc2c(Br)cccc2s1. The van der Waals surface area contributed by atoms with Gasteiger partial charge in [-0.05, 0) is 60.5 Å². The third-order valence-electron chi connectivity index (χ3n) is 6.23. The first-order valence-electron chi connectivity index (χ1n) is 11.2. The van der Waals surface area contributed by atoms with E-state index in [2.05, 4.69) is 36.9 Å². The molecule has 2 aromatic carbocycles. The lowest BCUT2D eigenvalue weighted by Gasteiger charge is -2.29. The molecule has 1 unspecified atom stereocenters. The first-order chi connectivity index (χ1) is 17.0. The number of carbonyl (C=O) groups is 4. The number of halogens is 2. The van der Waals surface area contributed by atoms with Gasteiger partial charge in [0.05, 0.1) is 28.0 Å². The summed E-state index contributed by atoms with van der Waals surface area (Å²) < 4.78 is 17.2. The largest absolute Gasteiger partial charge is 0.326 e. The van der Waals surface area contributed by atoms with Crippen molar-refractivity contribution in [1.82, 2.24) is 20.5 Å². The lowest BCUT2D eigenvalue weighted by Crippen LogP contribution is -2.52. The van der Waals surface area contributed by atoms with Crippen LogP contribution in [0.5, 0.6) is 0 Å². The van der Waals surface area contributed by atoms with Gasteiger partial charge >= 0.3 is 6.03 Å². The van der Waals surface area contributed by atoms with Gasteiger partial charge in [-0.15, -0.1) is 11.3 Å². The molecule has 2 aliphatic rings. The Bertz CT molecular complexity index is 1460. The molecule has 3 heterocycles. The van der Waals surface area contributed by atoms with Crippen molar-refractivity contribution in [3.8, 4) is 0 Å². The molecule has 5 rings (SSSR count). The van der Waals surface area contributed by atoms with Gasteiger partial charge in [-0.2, -0.15) is 0 Å². The van der Waals surface area contributed by atoms with E-state index in [0.29, 0.717) is 5.01 Å². The molecule has 1 atom stereocenters. The molecule has 2 aliphatic heterocycles. The topological polar surface area (TPSA) is 120 Å². The van der Waals surface area contributed by atoms with E-state index in [0.717, 1.165) is 14.7 Å². The van der Waals surface area contributed by atoms with Crippen molar-refractivity contribution in [2.24, 2.45) is 0 Å². The molecule has 0 saturated carbocycles. The van der Waals surface area contributed by atoms with Gasteiger partial charge in [0.2, 0.25) is 11.8 Å². The number of imide groups is 1. The summed E-state index contributed by atoms with van der Waals surface area (Å²) in [4.78, 5) is 55.2. The van der Waals surface area contributed by atoms with Gasteiger partial charge in [0, 0.05) is 22.0 Å². The van der Waals surface area contributed by atoms with E-state index in [1.54, 1.807) is 13.8 Å². The zero-order valence-corrected chi connectivity index (χ0v) is 21.7. The van der Waals surface area contributed by atoms with Crippen LogP contribution in [0.3, 0.4) is 0 Å². The maximum atomic E-state index is 15.4. The number of hydrogen-bond donors (Lipinski definition) is 3. The van der Waals surface area contributed by atoms with E-state index < -0.39 is 41.2 Å². The van der Waals surface area contributed by atoms with Crippen molar-refractivity contribution in [3.63, 3.8) is 0 Å². The number of nitrogens with one attached hydrogen (secondary N) is 3. The molecular formula is C24H21BrFN5O4S. The summed E-state index contributed by atoms with van der Waals surface area (Å²) in [6.45, 7) is 3.47. The van der Waals surface area contributed by atoms with Crippen molar-refractivity contribution >= 4 is 66.9 Å². The normalized spacial score (nSPS) is 17.8. The third-order valence-corrected chi connectivity index (χ3v) is 8.21. The minimum absolute atomic E-state index is 0.0907. The summed E-state index contributed by atoms with van der Waals surface area (Å²) in [5.74, 6) is -2.20. The van der Waals surface area contributed by atoms with E-state index in [1.165, 1.54) is 28.4 Å². The quantitative estimate of drug-likeness (QED) is 0.407. The maximum absolute atomic E-state index is 15.4. The first kappa shape index (κ1) is 24.3. The standard InChI is InChI=1S/C24H21BrFN5O4S/c1-24(2,22-29-19-13(25)4-3-5-16(19)36-22)30-23(35)27-14-7-6-11-12(18(14)26)10-31(21(11)34)15-8-9-17(32)28-20(15)33/h3-7,15H,8-10H2,1-2H3,(H2,27,30,35)(H,28,32,33). The number of carbonyl (C=O) groups excluding carboxylic acids is 4. The Balaban J connectivity index is 1.32. The highest BCUT2D eigenvalue weighted by Crippen LogP contribution is 2.34. The second-order valence-electron chi connectivity index (χ2n) is 9.16. The number of anilines is 1. The first-order valence-corrected chi connectivity index (χ1v) is 12.8. The van der Waals surface area contributed by atoms with Crippen LogP contribution < -0.4 is 16.0 Å². The number of fused-ring (bicyclic) bond motifs is 2. The van der Waals surface area contributed by atoms with Crippen LogP contribution in [0.1, 0.15) is 47.6 Å². The highest BCUT2D eigenvalue weighted by atomic mass is 79.9. The van der Waals surface area contributed by atoms with Gasteiger partial charge in [0.15, 0.2) is 5.82 Å². The molecule has 5 amide bonds. The van der Waals surface area contributed by atoms with Gasteiger partial charge in [-0.25, -0.2) is 14.2 Å². The molecule has 3 N–H and O–H groups in total. The number of piperidine rings is 1. The molecule has 12 heteroatoms. The Morgan fingerprint density at radius 1 is 1.25 bits per heavy atom. The second-order valence-corrected chi connectivity index (χ2v) is 11.0. The van der Waals surface area contributed by atoms with Crippen LogP contribution in [-0.2, 0) is 21.7 Å². The fourth-order valence-electron chi connectivity index (χ4n) is 4.37. The molecule has 36 heavy (non-hydrogen) atoms. The highest BCUT2D eigenvalue weighted by molar-refractivity contribution is 9.10. The second kappa shape index (κ2) is 8.93. The third kappa shape index (κ3) is 4.24. The zero-order valence-electron chi connectivity index (χ0n) is 19.3. The number of aromatic nitrogens is 1. The van der Waals surface area contributed by atoms with Crippen LogP contribution in [0.15, 0.2) is 34.8 Å². The molecular weight excluding hydrogens is 553 g/mol. The summed E-state index contributed by atoms with van der Waals surface area (Å²) >= 11 is 4.93. The summed E-state index contributed by atoms with van der Waals surface area (Å²) in [6, 6.07) is 7.00. The molecule has 1 fully saturated rings. The summed E-state index contributed by atoms with van der Waals surface area (Å²) in [5.41, 5.74) is 0.0786. The number of para-hydroxylation sites is 1. The molecule has 1 aromatic heterocycles. The van der Waals surface area contributed by atoms with Crippen molar-refractivity contribution in [2.45, 2.75) is 44.8 Å². The average molecular weight is 574 g/mol. The summed E-state index contributed by atoms with van der Waals surface area (Å²) in [6.07, 6.45) is 0.282. The Morgan fingerprint density at radius 2 is 2.03 bits per heavy atom. The lowest BCUT2D eigenvalue weighted by atomic mass is 10.0. The van der Waals surface area contributed by atoms with Crippen LogP contribution in [0.25, 0.3) is 10.2 Å². The molecule has 0 bridgehead atoms. The maximum Gasteiger partial charge on any atom is 0.320 e. The minimum atomic E-state index is -0.851. The Hall–Kier alpha value is -3.38. The number of benzene rings is 2. The number of thiazole rings is 1. The van der Waals surface area contributed by atoms with E-state index in [1.807, 2.05) is 18.2 Å². The predicted molar refractivity (Wildman–Crippen MR) is 135 cm³/mol. The van der Waals surface area contributed by atoms with Gasteiger partial charge < -0.3 is 15.5 Å². The van der Waals surface area contributed by atoms with E-state index >= 15 is 4.39 Å². The van der Waals surface area contributed by atoms with Crippen molar-refractivity contribution in [3.05, 3.63) is 56.8 Å². The van der Waals surface area contributed by atoms with Crippen LogP contribution >= 0.6 is 27.3 Å². The smallest absolute Gasteiger partial charge is 0.320 e. The molecule has 1 saturated heterocycles.